The van der Waals surface area contributed by atoms with Crippen LogP contribution in [-0.2, 0) is 0 Å². The summed E-state index contributed by atoms with van der Waals surface area (Å²) in [6, 6.07) is 0.302. The first-order chi connectivity index (χ1) is 8.04. The van der Waals surface area contributed by atoms with Crippen molar-refractivity contribution >= 4 is 0 Å². The summed E-state index contributed by atoms with van der Waals surface area (Å²) in [4.78, 5) is 7.16. The Balaban J connectivity index is 2.25. The molecular weight excluding hydrogens is 214 g/mol. The van der Waals surface area contributed by atoms with Crippen LogP contribution in [0.5, 0.6) is 0 Å². The highest BCUT2D eigenvalue weighted by molar-refractivity contribution is 4.80. The topological polar surface area (TPSA) is 30.0 Å². The molecule has 1 saturated heterocycles. The summed E-state index contributed by atoms with van der Waals surface area (Å²) in [5.74, 6) is 0. The quantitative estimate of drug-likeness (QED) is 0.728. The zero-order valence-electron chi connectivity index (χ0n) is 11.9. The molecule has 0 spiro atoms. The second kappa shape index (κ2) is 7.31. The van der Waals surface area contributed by atoms with Crippen LogP contribution in [0.4, 0.5) is 0 Å². The Hall–Kier alpha value is -0.160. The number of rotatable bonds is 6. The van der Waals surface area contributed by atoms with Gasteiger partial charge in [-0.1, -0.05) is 6.92 Å². The van der Waals surface area contributed by atoms with Gasteiger partial charge in [0, 0.05) is 45.3 Å². The Bertz CT molecular complexity index is 203. The van der Waals surface area contributed by atoms with Crippen LogP contribution in [0.1, 0.15) is 20.3 Å². The van der Waals surface area contributed by atoms with E-state index in [1.807, 2.05) is 0 Å². The molecule has 0 amide bonds. The second-order valence-corrected chi connectivity index (χ2v) is 5.40. The minimum Gasteiger partial charge on any atom is -0.392 e. The summed E-state index contributed by atoms with van der Waals surface area (Å²) in [7, 11) is 4.24. The number of hydrogen-bond donors (Lipinski definition) is 1. The van der Waals surface area contributed by atoms with E-state index in [1.54, 1.807) is 0 Å². The normalized spacial score (nSPS) is 22.9. The molecule has 2 atom stereocenters. The molecule has 0 radical (unpaired) electrons. The monoisotopic (exact) mass is 243 g/mol. The van der Waals surface area contributed by atoms with Gasteiger partial charge in [-0.15, -0.1) is 0 Å². The van der Waals surface area contributed by atoms with Crippen LogP contribution in [0.3, 0.4) is 0 Å². The molecule has 1 aliphatic rings. The summed E-state index contributed by atoms with van der Waals surface area (Å²) in [6.45, 7) is 10.9. The molecule has 2 unspecified atom stereocenters. The van der Waals surface area contributed by atoms with E-state index < -0.39 is 0 Å². The average molecular weight is 243 g/mol. The average Bonchev–Trinajstić information content (AvgIpc) is 2.35. The lowest BCUT2D eigenvalue weighted by atomic mass is 10.1. The molecule has 102 valence electrons. The van der Waals surface area contributed by atoms with Crippen LogP contribution in [0, 0.1) is 0 Å². The molecule has 0 bridgehead atoms. The molecule has 0 saturated carbocycles. The van der Waals surface area contributed by atoms with Crippen LogP contribution in [0.2, 0.25) is 0 Å². The van der Waals surface area contributed by atoms with Gasteiger partial charge in [0.15, 0.2) is 0 Å². The molecule has 0 aromatic rings. The van der Waals surface area contributed by atoms with E-state index in [0.29, 0.717) is 6.04 Å². The van der Waals surface area contributed by atoms with Gasteiger partial charge in [0.1, 0.15) is 0 Å². The highest BCUT2D eigenvalue weighted by Gasteiger charge is 2.24. The summed E-state index contributed by atoms with van der Waals surface area (Å²) in [6.07, 6.45) is 0.672. The lowest BCUT2D eigenvalue weighted by molar-refractivity contribution is 0.0245. The van der Waals surface area contributed by atoms with E-state index in [-0.39, 0.29) is 6.10 Å². The number of aliphatic hydroxyl groups is 1. The van der Waals surface area contributed by atoms with Gasteiger partial charge in [-0.3, -0.25) is 9.80 Å². The molecule has 1 heterocycles. The van der Waals surface area contributed by atoms with E-state index >= 15 is 0 Å². The smallest absolute Gasteiger partial charge is 0.0690 e. The first-order valence-electron chi connectivity index (χ1n) is 6.83. The van der Waals surface area contributed by atoms with E-state index in [9.17, 15) is 5.11 Å². The van der Waals surface area contributed by atoms with Crippen LogP contribution in [0.25, 0.3) is 0 Å². The van der Waals surface area contributed by atoms with Gasteiger partial charge in [-0.05, 0) is 27.4 Å². The second-order valence-electron chi connectivity index (χ2n) is 5.40. The Labute approximate surface area is 106 Å². The number of piperazine rings is 1. The van der Waals surface area contributed by atoms with E-state index in [4.69, 9.17) is 0 Å². The fourth-order valence-electron chi connectivity index (χ4n) is 2.32. The van der Waals surface area contributed by atoms with Crippen LogP contribution < -0.4 is 0 Å². The van der Waals surface area contributed by atoms with Crippen molar-refractivity contribution in [2.75, 3.05) is 53.4 Å². The summed E-state index contributed by atoms with van der Waals surface area (Å²) >= 11 is 0. The third-order valence-corrected chi connectivity index (χ3v) is 3.82. The van der Waals surface area contributed by atoms with Crippen molar-refractivity contribution in [2.45, 2.75) is 32.4 Å². The summed E-state index contributed by atoms with van der Waals surface area (Å²) in [5, 5.41) is 9.86. The molecule has 4 heteroatoms. The van der Waals surface area contributed by atoms with Crippen molar-refractivity contribution < 1.29 is 5.11 Å². The van der Waals surface area contributed by atoms with Crippen molar-refractivity contribution in [3.05, 3.63) is 0 Å². The van der Waals surface area contributed by atoms with Gasteiger partial charge in [0.2, 0.25) is 0 Å². The van der Waals surface area contributed by atoms with Crippen LogP contribution in [0.15, 0.2) is 0 Å². The molecule has 1 rings (SSSR count). The first kappa shape index (κ1) is 14.9. The zero-order chi connectivity index (χ0) is 12.8. The van der Waals surface area contributed by atoms with Crippen molar-refractivity contribution in [1.82, 2.24) is 14.7 Å². The minimum atomic E-state index is -0.177. The van der Waals surface area contributed by atoms with Crippen LogP contribution in [-0.4, -0.2) is 85.3 Å². The fourth-order valence-corrected chi connectivity index (χ4v) is 2.32. The van der Waals surface area contributed by atoms with Crippen molar-refractivity contribution in [3.8, 4) is 0 Å². The van der Waals surface area contributed by atoms with Crippen molar-refractivity contribution in [1.29, 1.82) is 0 Å². The lowest BCUT2D eigenvalue weighted by Crippen LogP contribution is -2.53. The molecule has 1 fully saturated rings. The van der Waals surface area contributed by atoms with Gasteiger partial charge in [-0.2, -0.15) is 0 Å². The van der Waals surface area contributed by atoms with Gasteiger partial charge in [-0.25, -0.2) is 0 Å². The number of likely N-dealkylation sites (N-methyl/N-ethyl adjacent to an activating group) is 1. The fraction of sp³-hybridized carbons (Fsp3) is 1.00. The first-order valence-corrected chi connectivity index (χ1v) is 6.83. The van der Waals surface area contributed by atoms with Crippen molar-refractivity contribution in [3.63, 3.8) is 0 Å². The van der Waals surface area contributed by atoms with Gasteiger partial charge in [0.05, 0.1) is 6.10 Å². The largest absolute Gasteiger partial charge is 0.392 e. The van der Waals surface area contributed by atoms with Gasteiger partial charge in [0.25, 0.3) is 0 Å². The molecule has 17 heavy (non-hydrogen) atoms. The SMILES string of the molecule is CCC(O)C(C)N1CCN(CCN(C)C)CC1. The molecule has 0 aromatic heterocycles. The third-order valence-electron chi connectivity index (χ3n) is 3.82. The predicted molar refractivity (Wildman–Crippen MR) is 72.3 cm³/mol. The summed E-state index contributed by atoms with van der Waals surface area (Å²) < 4.78 is 0. The Kier molecular flexibility index (Phi) is 6.41. The Morgan fingerprint density at radius 1 is 1.18 bits per heavy atom. The molecule has 0 aromatic carbocycles. The molecule has 1 N–H and O–H groups in total. The Morgan fingerprint density at radius 2 is 1.76 bits per heavy atom. The number of hydrogen-bond acceptors (Lipinski definition) is 4. The molecule has 4 nitrogen and oxygen atoms in total. The number of aliphatic hydroxyl groups excluding tert-OH is 1. The number of nitrogens with zero attached hydrogens (tertiary/aromatic N) is 3. The standard InChI is InChI=1S/C13H29N3O/c1-5-13(17)12(2)16-10-8-15(9-11-16)7-6-14(3)4/h12-13,17H,5-11H2,1-4H3. The maximum Gasteiger partial charge on any atom is 0.0690 e. The van der Waals surface area contributed by atoms with Crippen LogP contribution >= 0.6 is 0 Å². The van der Waals surface area contributed by atoms with Crippen molar-refractivity contribution in [2.24, 2.45) is 0 Å². The maximum absolute atomic E-state index is 9.86. The predicted octanol–water partition coefficient (Wildman–Crippen LogP) is 0.325. The van der Waals surface area contributed by atoms with Gasteiger partial charge < -0.3 is 10.0 Å². The van der Waals surface area contributed by atoms with E-state index in [2.05, 4.69) is 42.6 Å². The molecule has 1 aliphatic heterocycles. The summed E-state index contributed by atoms with van der Waals surface area (Å²) in [5.41, 5.74) is 0. The van der Waals surface area contributed by atoms with E-state index in [1.165, 1.54) is 0 Å². The maximum atomic E-state index is 9.86. The zero-order valence-corrected chi connectivity index (χ0v) is 11.9. The van der Waals surface area contributed by atoms with E-state index in [0.717, 1.165) is 45.7 Å². The Morgan fingerprint density at radius 3 is 2.24 bits per heavy atom. The van der Waals surface area contributed by atoms with Gasteiger partial charge >= 0.3 is 0 Å². The highest BCUT2D eigenvalue weighted by Crippen LogP contribution is 2.11. The third kappa shape index (κ3) is 4.92. The molecular formula is C13H29N3O. The lowest BCUT2D eigenvalue weighted by Gasteiger charge is -2.39. The molecule has 0 aliphatic carbocycles. The minimum absolute atomic E-state index is 0.177. The highest BCUT2D eigenvalue weighted by atomic mass is 16.3.